The van der Waals surface area contributed by atoms with E-state index in [2.05, 4.69) is 20.6 Å². The van der Waals surface area contributed by atoms with Crippen LogP contribution >= 0.6 is 11.3 Å². The molecule has 0 unspecified atom stereocenters. The molecule has 28 heavy (non-hydrogen) atoms. The van der Waals surface area contributed by atoms with E-state index in [9.17, 15) is 14.0 Å². The Balaban J connectivity index is 1.63. The number of carboxylic acids is 1. The van der Waals surface area contributed by atoms with Crippen molar-refractivity contribution in [3.63, 3.8) is 0 Å². The van der Waals surface area contributed by atoms with E-state index in [1.165, 1.54) is 29.8 Å². The lowest BCUT2D eigenvalue weighted by molar-refractivity contribution is -0.137. The van der Waals surface area contributed by atoms with Gasteiger partial charge in [0.05, 0.1) is 5.39 Å². The van der Waals surface area contributed by atoms with Crippen molar-refractivity contribution in [2.45, 2.75) is 19.3 Å². The summed E-state index contributed by atoms with van der Waals surface area (Å²) in [6.07, 6.45) is 2.12. The van der Waals surface area contributed by atoms with Crippen LogP contribution < -0.4 is 10.6 Å². The van der Waals surface area contributed by atoms with Crippen LogP contribution in [0.1, 0.15) is 19.3 Å². The molecule has 9 heteroatoms. The third-order valence-corrected chi connectivity index (χ3v) is 4.95. The smallest absolute Gasteiger partial charge is 0.303 e. The Labute approximate surface area is 164 Å². The molecule has 2 heterocycles. The zero-order valence-corrected chi connectivity index (χ0v) is 15.8. The molecule has 0 aliphatic rings. The summed E-state index contributed by atoms with van der Waals surface area (Å²) in [4.78, 5) is 31.7. The predicted molar refractivity (Wildman–Crippen MR) is 106 cm³/mol. The quantitative estimate of drug-likeness (QED) is 0.475. The molecule has 3 rings (SSSR count). The van der Waals surface area contributed by atoms with E-state index in [4.69, 9.17) is 5.11 Å². The Morgan fingerprint density at radius 3 is 2.64 bits per heavy atom. The summed E-state index contributed by atoms with van der Waals surface area (Å²) in [7, 11) is 0. The lowest BCUT2D eigenvalue weighted by Crippen LogP contribution is -2.26. The molecule has 0 bridgehead atoms. The Hall–Kier alpha value is -3.07. The van der Waals surface area contributed by atoms with Gasteiger partial charge < -0.3 is 15.7 Å². The fourth-order valence-electron chi connectivity index (χ4n) is 2.70. The minimum Gasteiger partial charge on any atom is -0.481 e. The second-order valence-corrected chi connectivity index (χ2v) is 6.94. The van der Waals surface area contributed by atoms with Crippen molar-refractivity contribution in [2.75, 3.05) is 18.4 Å². The van der Waals surface area contributed by atoms with Crippen LogP contribution in [0.3, 0.4) is 0 Å². The van der Waals surface area contributed by atoms with Gasteiger partial charge in [-0.1, -0.05) is 12.1 Å². The van der Waals surface area contributed by atoms with E-state index >= 15 is 0 Å². The number of rotatable bonds is 9. The van der Waals surface area contributed by atoms with Crippen molar-refractivity contribution in [1.82, 2.24) is 15.3 Å². The van der Waals surface area contributed by atoms with Crippen molar-refractivity contribution in [3.8, 4) is 11.1 Å². The number of benzene rings is 1. The maximum absolute atomic E-state index is 13.2. The molecule has 7 nitrogen and oxygen atoms in total. The summed E-state index contributed by atoms with van der Waals surface area (Å²) < 4.78 is 13.2. The minimum atomic E-state index is -0.878. The van der Waals surface area contributed by atoms with Gasteiger partial charge in [-0.05, 0) is 24.1 Å². The molecule has 0 aliphatic heterocycles. The molecule has 2 aromatic heterocycles. The van der Waals surface area contributed by atoms with Crippen molar-refractivity contribution in [3.05, 3.63) is 41.8 Å². The van der Waals surface area contributed by atoms with Gasteiger partial charge in [0.25, 0.3) is 0 Å². The topological polar surface area (TPSA) is 104 Å². The molecular weight excluding hydrogens is 383 g/mol. The normalized spacial score (nSPS) is 10.8. The maximum atomic E-state index is 13.2. The van der Waals surface area contributed by atoms with Gasteiger partial charge >= 0.3 is 5.97 Å². The summed E-state index contributed by atoms with van der Waals surface area (Å²) >= 11 is 1.47. The van der Waals surface area contributed by atoms with Crippen molar-refractivity contribution in [2.24, 2.45) is 0 Å². The highest BCUT2D eigenvalue weighted by atomic mass is 32.1. The van der Waals surface area contributed by atoms with Gasteiger partial charge in [-0.2, -0.15) is 0 Å². The molecule has 0 aliphatic carbocycles. The lowest BCUT2D eigenvalue weighted by Gasteiger charge is -2.09. The number of anilines is 1. The van der Waals surface area contributed by atoms with Crippen LogP contribution in [0.25, 0.3) is 21.3 Å². The Morgan fingerprint density at radius 2 is 1.89 bits per heavy atom. The van der Waals surface area contributed by atoms with Gasteiger partial charge in [0.1, 0.15) is 22.8 Å². The van der Waals surface area contributed by atoms with Crippen LogP contribution in [0.2, 0.25) is 0 Å². The number of halogens is 1. The number of carbonyl (C=O) groups is 2. The number of fused-ring (bicyclic) bond motifs is 1. The molecule has 0 spiro atoms. The van der Waals surface area contributed by atoms with Gasteiger partial charge in [0.2, 0.25) is 5.91 Å². The van der Waals surface area contributed by atoms with Crippen LogP contribution in [0, 0.1) is 5.82 Å². The molecule has 1 aromatic carbocycles. The molecule has 3 aromatic rings. The number of hydrogen-bond acceptors (Lipinski definition) is 6. The zero-order chi connectivity index (χ0) is 19.9. The number of nitrogens with one attached hydrogen (secondary N) is 2. The highest BCUT2D eigenvalue weighted by Gasteiger charge is 2.13. The molecule has 0 saturated heterocycles. The number of carbonyl (C=O) groups excluding carboxylic acids is 1. The summed E-state index contributed by atoms with van der Waals surface area (Å²) in [6.45, 7) is 0.706. The molecule has 0 radical (unpaired) electrons. The fraction of sp³-hybridized carbons (Fsp3) is 0.263. The van der Waals surface area contributed by atoms with Crippen LogP contribution in [-0.2, 0) is 9.59 Å². The average Bonchev–Trinajstić information content (AvgIpc) is 3.11. The summed E-state index contributed by atoms with van der Waals surface area (Å²) in [6, 6.07) is 6.23. The third kappa shape index (κ3) is 5.01. The second-order valence-electron chi connectivity index (χ2n) is 6.08. The molecular formula is C19H19FN4O3S. The van der Waals surface area contributed by atoms with Gasteiger partial charge in [0.15, 0.2) is 0 Å². The first-order chi connectivity index (χ1) is 13.5. The van der Waals surface area contributed by atoms with Gasteiger partial charge in [-0.3, -0.25) is 9.59 Å². The predicted octanol–water partition coefficient (Wildman–Crippen LogP) is 3.28. The van der Waals surface area contributed by atoms with Crippen molar-refractivity contribution < 1.29 is 19.1 Å². The van der Waals surface area contributed by atoms with Gasteiger partial charge in [-0.25, -0.2) is 14.4 Å². The first-order valence-electron chi connectivity index (χ1n) is 8.75. The largest absolute Gasteiger partial charge is 0.481 e. The zero-order valence-electron chi connectivity index (χ0n) is 14.9. The SMILES string of the molecule is O=C(O)CCCNC(=O)CCNc1ncnc2scc(-c3ccc(F)cc3)c12. The Kier molecular flexibility index (Phi) is 6.49. The molecule has 0 atom stereocenters. The summed E-state index contributed by atoms with van der Waals surface area (Å²) in [5, 5.41) is 17.2. The molecule has 1 amide bonds. The van der Waals surface area contributed by atoms with E-state index < -0.39 is 5.97 Å². The summed E-state index contributed by atoms with van der Waals surface area (Å²) in [5.41, 5.74) is 1.77. The van der Waals surface area contributed by atoms with Crippen LogP contribution in [-0.4, -0.2) is 40.0 Å². The molecule has 0 fully saturated rings. The third-order valence-electron chi connectivity index (χ3n) is 4.06. The molecule has 3 N–H and O–H groups in total. The first kappa shape index (κ1) is 19.7. The lowest BCUT2D eigenvalue weighted by atomic mass is 10.1. The summed E-state index contributed by atoms with van der Waals surface area (Å²) in [5.74, 6) is -0.722. The van der Waals surface area contributed by atoms with Gasteiger partial charge in [-0.15, -0.1) is 11.3 Å². The average molecular weight is 402 g/mol. The maximum Gasteiger partial charge on any atom is 0.303 e. The Morgan fingerprint density at radius 1 is 1.11 bits per heavy atom. The highest BCUT2D eigenvalue weighted by Crippen LogP contribution is 2.36. The number of carboxylic acid groups (broad SMARTS) is 1. The van der Waals surface area contributed by atoms with Gasteiger partial charge in [0, 0.05) is 36.9 Å². The fourth-order valence-corrected chi connectivity index (χ4v) is 3.62. The number of aromatic nitrogens is 2. The van der Waals surface area contributed by atoms with Crippen molar-refractivity contribution in [1.29, 1.82) is 0 Å². The second kappa shape index (κ2) is 9.23. The highest BCUT2D eigenvalue weighted by molar-refractivity contribution is 7.17. The van der Waals surface area contributed by atoms with E-state index in [0.29, 0.717) is 25.3 Å². The number of thiophene rings is 1. The molecule has 0 saturated carbocycles. The number of aliphatic carboxylic acids is 1. The van der Waals surface area contributed by atoms with E-state index in [1.807, 2.05) is 5.38 Å². The van der Waals surface area contributed by atoms with Crippen LogP contribution in [0.4, 0.5) is 10.2 Å². The number of hydrogen-bond donors (Lipinski definition) is 3. The van der Waals surface area contributed by atoms with E-state index in [-0.39, 0.29) is 24.6 Å². The first-order valence-corrected chi connectivity index (χ1v) is 9.63. The van der Waals surface area contributed by atoms with Crippen molar-refractivity contribution >= 4 is 39.2 Å². The Bertz CT molecular complexity index is 975. The molecule has 146 valence electrons. The number of amides is 1. The monoisotopic (exact) mass is 402 g/mol. The van der Waals surface area contributed by atoms with Crippen LogP contribution in [0.5, 0.6) is 0 Å². The minimum absolute atomic E-state index is 0.0295. The van der Waals surface area contributed by atoms with Crippen LogP contribution in [0.15, 0.2) is 36.0 Å². The van der Waals surface area contributed by atoms with E-state index in [0.717, 1.165) is 21.3 Å². The number of nitrogens with zero attached hydrogens (tertiary/aromatic N) is 2. The standard InChI is InChI=1S/C19H19FN4O3S/c20-13-5-3-12(4-6-13)14-10-28-19-17(14)18(23-11-24-19)22-9-7-15(25)21-8-1-2-16(26)27/h3-6,10-11H,1-2,7-9H2,(H,21,25)(H,26,27)(H,22,23,24). The van der Waals surface area contributed by atoms with E-state index in [1.54, 1.807) is 12.1 Å².